The summed E-state index contributed by atoms with van der Waals surface area (Å²) in [5.74, 6) is 12.8. The SMILES string of the molecule is C1[C@@H]2C3C4C([C@@H]12)[C@@H]1C[C@@H]1C4[C@@H]1C[C@H]31. The Morgan fingerprint density at radius 2 is 0.692 bits per heavy atom. The summed E-state index contributed by atoms with van der Waals surface area (Å²) in [6.45, 7) is 0. The molecular weight excluding hydrogens is 156 g/mol. The normalized spacial score (nSPS) is 88.6. The van der Waals surface area contributed by atoms with Gasteiger partial charge in [0.05, 0.1) is 0 Å². The molecule has 6 saturated carbocycles. The molecule has 0 amide bonds. The van der Waals surface area contributed by atoms with Crippen LogP contribution in [0.25, 0.3) is 0 Å². The van der Waals surface area contributed by atoms with Gasteiger partial charge in [0.25, 0.3) is 0 Å². The molecule has 0 heterocycles. The van der Waals surface area contributed by atoms with Crippen LogP contribution in [0.4, 0.5) is 0 Å². The molecule has 6 aliphatic rings. The predicted molar refractivity (Wildman–Crippen MR) is 48.8 cm³/mol. The Balaban J connectivity index is 1.64. The maximum absolute atomic E-state index is 1.67. The zero-order valence-electron chi connectivity index (χ0n) is 7.89. The fourth-order valence-electron chi connectivity index (χ4n) is 6.80. The second-order valence-electron chi connectivity index (χ2n) is 7.00. The summed E-state index contributed by atoms with van der Waals surface area (Å²) in [5, 5.41) is 0. The molecule has 0 radical (unpaired) electrons. The van der Waals surface area contributed by atoms with Gasteiger partial charge >= 0.3 is 0 Å². The van der Waals surface area contributed by atoms with Crippen LogP contribution >= 0.6 is 0 Å². The van der Waals surface area contributed by atoms with E-state index >= 15 is 0 Å². The van der Waals surface area contributed by atoms with Crippen molar-refractivity contribution < 1.29 is 0 Å². The molecule has 4 unspecified atom stereocenters. The molecule has 0 bridgehead atoms. The van der Waals surface area contributed by atoms with Gasteiger partial charge in [-0.15, -0.1) is 0 Å². The summed E-state index contributed by atoms with van der Waals surface area (Å²) in [5.41, 5.74) is 0. The van der Waals surface area contributed by atoms with Crippen molar-refractivity contribution in [3.05, 3.63) is 0 Å². The van der Waals surface area contributed by atoms with Crippen LogP contribution in [0.5, 0.6) is 0 Å². The average Bonchev–Trinajstić information content (AvgIpc) is 3.06. The van der Waals surface area contributed by atoms with E-state index in [1.54, 1.807) is 19.3 Å². The first kappa shape index (κ1) is 5.78. The van der Waals surface area contributed by atoms with E-state index in [0.717, 1.165) is 0 Å². The van der Waals surface area contributed by atoms with Gasteiger partial charge in [0.1, 0.15) is 0 Å². The molecule has 6 rings (SSSR count). The monoisotopic (exact) mass is 172 g/mol. The van der Waals surface area contributed by atoms with E-state index in [9.17, 15) is 0 Å². The third kappa shape index (κ3) is 0.412. The lowest BCUT2D eigenvalue weighted by Crippen LogP contribution is -2.21. The molecule has 0 spiro atoms. The van der Waals surface area contributed by atoms with Gasteiger partial charge in [0, 0.05) is 0 Å². The highest BCUT2D eigenvalue weighted by Crippen LogP contribution is 2.86. The molecule has 0 aromatic heterocycles. The molecule has 0 aliphatic heterocycles. The van der Waals surface area contributed by atoms with E-state index < -0.39 is 0 Å². The maximum Gasteiger partial charge on any atom is -0.0313 e. The lowest BCUT2D eigenvalue weighted by molar-refractivity contribution is 0.222. The van der Waals surface area contributed by atoms with Crippen molar-refractivity contribution in [1.29, 1.82) is 0 Å². The summed E-state index contributed by atoms with van der Waals surface area (Å²) in [4.78, 5) is 0. The van der Waals surface area contributed by atoms with Crippen LogP contribution in [0.15, 0.2) is 0 Å². The van der Waals surface area contributed by atoms with Crippen LogP contribution in [-0.4, -0.2) is 0 Å². The fraction of sp³-hybridized carbons (Fsp3) is 1.00. The van der Waals surface area contributed by atoms with Crippen molar-refractivity contribution >= 4 is 0 Å². The summed E-state index contributed by atoms with van der Waals surface area (Å²) in [6, 6.07) is 0. The van der Waals surface area contributed by atoms with Crippen LogP contribution in [0, 0.1) is 59.2 Å². The van der Waals surface area contributed by atoms with Crippen LogP contribution in [0.1, 0.15) is 19.3 Å². The van der Waals surface area contributed by atoms with Gasteiger partial charge in [0.2, 0.25) is 0 Å². The largest absolute Gasteiger partial charge is 0.0465 e. The molecule has 6 fully saturated rings. The second kappa shape index (κ2) is 1.33. The van der Waals surface area contributed by atoms with Crippen molar-refractivity contribution in [2.24, 2.45) is 59.2 Å². The Labute approximate surface area is 79.1 Å². The van der Waals surface area contributed by atoms with E-state index in [1.807, 2.05) is 0 Å². The molecule has 0 N–H and O–H groups in total. The van der Waals surface area contributed by atoms with Crippen molar-refractivity contribution in [2.45, 2.75) is 19.3 Å². The molecule has 68 valence electrons. The Kier molecular flexibility index (Phi) is 0.593. The van der Waals surface area contributed by atoms with Gasteiger partial charge in [-0.25, -0.2) is 0 Å². The van der Waals surface area contributed by atoms with Gasteiger partial charge in [-0.05, 0) is 78.4 Å². The molecule has 0 heteroatoms. The van der Waals surface area contributed by atoms with Crippen LogP contribution in [-0.2, 0) is 0 Å². The molecule has 10 atom stereocenters. The third-order valence-corrected chi connectivity index (χ3v) is 6.97. The highest BCUT2D eigenvalue weighted by molar-refractivity contribution is 5.28. The number of hydrogen-bond donors (Lipinski definition) is 0. The van der Waals surface area contributed by atoms with E-state index in [-0.39, 0.29) is 0 Å². The minimum Gasteiger partial charge on any atom is -0.0465 e. The molecule has 0 saturated heterocycles. The number of fused-ring (bicyclic) bond motifs is 9. The summed E-state index contributed by atoms with van der Waals surface area (Å²) in [7, 11) is 0. The van der Waals surface area contributed by atoms with Crippen molar-refractivity contribution in [3.8, 4) is 0 Å². The predicted octanol–water partition coefficient (Wildman–Crippen LogP) is 2.40. The highest BCUT2D eigenvalue weighted by atomic mass is 14.9. The van der Waals surface area contributed by atoms with Crippen LogP contribution in [0.3, 0.4) is 0 Å². The summed E-state index contributed by atoms with van der Waals surface area (Å²) < 4.78 is 0. The molecule has 6 aliphatic carbocycles. The second-order valence-corrected chi connectivity index (χ2v) is 7.00. The van der Waals surface area contributed by atoms with Crippen LogP contribution < -0.4 is 0 Å². The highest BCUT2D eigenvalue weighted by Gasteiger charge is 2.81. The van der Waals surface area contributed by atoms with Gasteiger partial charge in [-0.3, -0.25) is 0 Å². The summed E-state index contributed by atoms with van der Waals surface area (Å²) in [6.07, 6.45) is 5.01. The topological polar surface area (TPSA) is 0 Å². The summed E-state index contributed by atoms with van der Waals surface area (Å²) >= 11 is 0. The quantitative estimate of drug-likeness (QED) is 0.526. The van der Waals surface area contributed by atoms with E-state index in [4.69, 9.17) is 0 Å². The number of hydrogen-bond acceptors (Lipinski definition) is 0. The minimum atomic E-state index is 1.27. The van der Waals surface area contributed by atoms with Crippen molar-refractivity contribution in [3.63, 3.8) is 0 Å². The molecule has 0 aromatic carbocycles. The van der Waals surface area contributed by atoms with Gasteiger partial charge in [-0.2, -0.15) is 0 Å². The zero-order chi connectivity index (χ0) is 7.89. The minimum absolute atomic E-state index is 1.27. The van der Waals surface area contributed by atoms with E-state index in [2.05, 4.69) is 0 Å². The van der Waals surface area contributed by atoms with Gasteiger partial charge in [0.15, 0.2) is 0 Å². The van der Waals surface area contributed by atoms with Gasteiger partial charge < -0.3 is 0 Å². The lowest BCUT2D eigenvalue weighted by Gasteiger charge is -2.25. The first-order chi connectivity index (χ1) is 6.45. The van der Waals surface area contributed by atoms with E-state index in [0.29, 0.717) is 0 Å². The molecular formula is C13H16. The third-order valence-electron chi connectivity index (χ3n) is 6.97. The smallest absolute Gasteiger partial charge is 0.0313 e. The lowest BCUT2D eigenvalue weighted by atomic mass is 9.80. The Bertz CT molecular complexity index is 257. The molecule has 0 nitrogen and oxygen atoms in total. The Hall–Kier alpha value is 0. The van der Waals surface area contributed by atoms with E-state index in [1.165, 1.54) is 59.2 Å². The first-order valence-electron chi connectivity index (χ1n) is 6.45. The van der Waals surface area contributed by atoms with Crippen molar-refractivity contribution in [2.75, 3.05) is 0 Å². The fourth-order valence-corrected chi connectivity index (χ4v) is 6.80. The Morgan fingerprint density at radius 3 is 1.00 bits per heavy atom. The van der Waals surface area contributed by atoms with Crippen molar-refractivity contribution in [1.82, 2.24) is 0 Å². The standard InChI is InChI=1S/C13H16/c1-4-5(1)11-7-3-9(7)12-8-2-6(8)10(4)13(11)12/h4-13H,1-3H2/t4-,5-,6-,7+,8+,9-,10?,11?,12?,13?/m0/s1. The average molecular weight is 172 g/mol. The number of rotatable bonds is 0. The first-order valence-corrected chi connectivity index (χ1v) is 6.45. The zero-order valence-corrected chi connectivity index (χ0v) is 7.89. The molecule has 0 aromatic rings. The molecule has 13 heavy (non-hydrogen) atoms. The van der Waals surface area contributed by atoms with Crippen LogP contribution in [0.2, 0.25) is 0 Å². The Morgan fingerprint density at radius 1 is 0.385 bits per heavy atom. The van der Waals surface area contributed by atoms with Gasteiger partial charge in [-0.1, -0.05) is 0 Å². The maximum atomic E-state index is 1.67.